The molecular weight excluding hydrogens is 310 g/mol. The first-order valence-corrected chi connectivity index (χ1v) is 9.63. The maximum atomic E-state index is 12.7. The minimum absolute atomic E-state index is 0.00673. The van der Waals surface area contributed by atoms with Crippen molar-refractivity contribution < 1.29 is 4.79 Å². The quantitative estimate of drug-likeness (QED) is 0.903. The normalized spacial score (nSPS) is 23.6. The number of hydrogen-bond donors (Lipinski definition) is 1. The Kier molecular flexibility index (Phi) is 5.36. The molecule has 2 aromatic rings. The van der Waals surface area contributed by atoms with Crippen molar-refractivity contribution in [2.75, 3.05) is 0 Å². The fourth-order valence-corrected chi connectivity index (χ4v) is 3.87. The van der Waals surface area contributed by atoms with E-state index >= 15 is 0 Å². The summed E-state index contributed by atoms with van der Waals surface area (Å²) in [6.07, 6.45) is 5.27. The smallest absolute Gasteiger partial charge is 0.251 e. The molecule has 1 N–H and O–H groups in total. The number of carbonyl (C=O) groups is 1. The average Bonchev–Trinajstić information content (AvgIpc) is 2.63. The third kappa shape index (κ3) is 3.68. The van der Waals surface area contributed by atoms with Gasteiger partial charge in [-0.15, -0.1) is 0 Å². The van der Waals surface area contributed by atoms with Crippen LogP contribution >= 0.6 is 0 Å². The minimum Gasteiger partial charge on any atom is -0.349 e. The van der Waals surface area contributed by atoms with Crippen LogP contribution in [0.2, 0.25) is 0 Å². The summed E-state index contributed by atoms with van der Waals surface area (Å²) in [4.78, 5) is 22.2. The molecule has 1 aromatic heterocycles. The number of fused-ring (bicyclic) bond motifs is 1. The van der Waals surface area contributed by atoms with Crippen LogP contribution in [0, 0.1) is 11.8 Å². The van der Waals surface area contributed by atoms with Gasteiger partial charge in [-0.2, -0.15) is 0 Å². The van der Waals surface area contributed by atoms with E-state index in [9.17, 15) is 4.79 Å². The third-order valence-corrected chi connectivity index (χ3v) is 5.77. The average molecular weight is 339 g/mol. The van der Waals surface area contributed by atoms with Crippen LogP contribution < -0.4 is 5.32 Å². The van der Waals surface area contributed by atoms with Gasteiger partial charge in [0.1, 0.15) is 0 Å². The summed E-state index contributed by atoms with van der Waals surface area (Å²) in [6, 6.07) is 5.94. The number of nitrogens with one attached hydrogen (secondary N) is 1. The molecule has 0 aliphatic heterocycles. The van der Waals surface area contributed by atoms with Crippen molar-refractivity contribution in [2.24, 2.45) is 11.8 Å². The first-order valence-electron chi connectivity index (χ1n) is 9.63. The molecule has 3 atom stereocenters. The highest BCUT2D eigenvalue weighted by molar-refractivity contribution is 5.97. The number of carbonyl (C=O) groups excluding carboxylic acids is 1. The van der Waals surface area contributed by atoms with Crippen molar-refractivity contribution in [2.45, 2.75) is 65.8 Å². The molecule has 0 bridgehead atoms. The number of aryl methyl sites for hydroxylation is 2. The molecule has 4 nitrogen and oxygen atoms in total. The Morgan fingerprint density at radius 1 is 1.08 bits per heavy atom. The third-order valence-electron chi connectivity index (χ3n) is 5.77. The summed E-state index contributed by atoms with van der Waals surface area (Å²) in [5.74, 6) is 1.20. The molecule has 1 amide bonds. The highest BCUT2D eigenvalue weighted by Gasteiger charge is 2.28. The Hall–Kier alpha value is -1.97. The Balaban J connectivity index is 1.84. The fraction of sp³-hybridized carbons (Fsp3) is 0.571. The molecule has 1 aliphatic carbocycles. The second-order valence-electron chi connectivity index (χ2n) is 7.37. The molecule has 1 heterocycles. The van der Waals surface area contributed by atoms with Crippen molar-refractivity contribution in [3.63, 3.8) is 0 Å². The molecule has 1 fully saturated rings. The molecule has 0 saturated heterocycles. The maximum absolute atomic E-state index is 12.7. The predicted molar refractivity (Wildman–Crippen MR) is 102 cm³/mol. The van der Waals surface area contributed by atoms with E-state index in [2.05, 4.69) is 33.0 Å². The van der Waals surface area contributed by atoms with Gasteiger partial charge in [0.25, 0.3) is 5.91 Å². The van der Waals surface area contributed by atoms with Crippen LogP contribution in [0.5, 0.6) is 0 Å². The Bertz CT molecular complexity index is 771. The van der Waals surface area contributed by atoms with Crippen LogP contribution in [0.15, 0.2) is 18.2 Å². The van der Waals surface area contributed by atoms with Crippen LogP contribution in [0.3, 0.4) is 0 Å². The van der Waals surface area contributed by atoms with Gasteiger partial charge >= 0.3 is 0 Å². The van der Waals surface area contributed by atoms with Gasteiger partial charge < -0.3 is 5.32 Å². The van der Waals surface area contributed by atoms with Crippen molar-refractivity contribution >= 4 is 16.9 Å². The molecule has 134 valence electrons. The molecule has 1 aromatic carbocycles. The second-order valence-corrected chi connectivity index (χ2v) is 7.37. The standard InChI is InChI=1S/C21H29N3O/c1-5-16-17(6-2)23-20-12-15(10-11-19(20)22-16)21(25)24-18-9-7-8-13(3)14(18)4/h10-14,18H,5-9H2,1-4H3,(H,24,25). The minimum atomic E-state index is 0.00673. The van der Waals surface area contributed by atoms with Gasteiger partial charge in [-0.3, -0.25) is 4.79 Å². The van der Waals surface area contributed by atoms with Gasteiger partial charge in [0.05, 0.1) is 22.4 Å². The fourth-order valence-electron chi connectivity index (χ4n) is 3.87. The van der Waals surface area contributed by atoms with Crippen molar-refractivity contribution in [1.82, 2.24) is 15.3 Å². The van der Waals surface area contributed by atoms with E-state index in [1.54, 1.807) is 0 Å². The van der Waals surface area contributed by atoms with Crippen molar-refractivity contribution in [3.8, 4) is 0 Å². The van der Waals surface area contributed by atoms with Crippen LogP contribution in [0.25, 0.3) is 11.0 Å². The van der Waals surface area contributed by atoms with Gasteiger partial charge in [-0.25, -0.2) is 9.97 Å². The van der Waals surface area contributed by atoms with Crippen LogP contribution in [0.1, 0.15) is 68.7 Å². The number of benzene rings is 1. The van der Waals surface area contributed by atoms with E-state index in [4.69, 9.17) is 9.97 Å². The zero-order valence-corrected chi connectivity index (χ0v) is 15.8. The predicted octanol–water partition coefficient (Wildman–Crippen LogP) is 4.31. The summed E-state index contributed by atoms with van der Waals surface area (Å²) < 4.78 is 0. The number of hydrogen-bond acceptors (Lipinski definition) is 3. The molecule has 1 saturated carbocycles. The summed E-state index contributed by atoms with van der Waals surface area (Å²) in [5.41, 5.74) is 4.44. The van der Waals surface area contributed by atoms with E-state index in [-0.39, 0.29) is 11.9 Å². The van der Waals surface area contributed by atoms with Gasteiger partial charge in [-0.05, 0) is 49.3 Å². The summed E-state index contributed by atoms with van der Waals surface area (Å²) in [5, 5.41) is 3.24. The van der Waals surface area contributed by atoms with Crippen LogP contribution in [0.4, 0.5) is 0 Å². The zero-order chi connectivity index (χ0) is 18.0. The lowest BCUT2D eigenvalue weighted by Crippen LogP contribution is -2.43. The molecule has 0 radical (unpaired) electrons. The van der Waals surface area contributed by atoms with Gasteiger partial charge in [-0.1, -0.05) is 40.5 Å². The summed E-state index contributed by atoms with van der Waals surface area (Å²) in [7, 11) is 0. The first-order chi connectivity index (χ1) is 12.0. The van der Waals surface area contributed by atoms with E-state index in [1.807, 2.05) is 18.2 Å². The second kappa shape index (κ2) is 7.51. The van der Waals surface area contributed by atoms with Crippen LogP contribution in [-0.2, 0) is 12.8 Å². The highest BCUT2D eigenvalue weighted by Crippen LogP contribution is 2.29. The Morgan fingerprint density at radius 3 is 2.44 bits per heavy atom. The Morgan fingerprint density at radius 2 is 1.76 bits per heavy atom. The molecule has 3 rings (SSSR count). The van der Waals surface area contributed by atoms with E-state index in [1.165, 1.54) is 12.8 Å². The van der Waals surface area contributed by atoms with E-state index in [0.717, 1.165) is 41.7 Å². The molecule has 4 heteroatoms. The molecule has 3 unspecified atom stereocenters. The highest BCUT2D eigenvalue weighted by atomic mass is 16.1. The van der Waals surface area contributed by atoms with Crippen LogP contribution in [-0.4, -0.2) is 21.9 Å². The van der Waals surface area contributed by atoms with Crippen molar-refractivity contribution in [3.05, 3.63) is 35.2 Å². The van der Waals surface area contributed by atoms with Crippen molar-refractivity contribution in [1.29, 1.82) is 0 Å². The maximum Gasteiger partial charge on any atom is 0.251 e. The molecular formula is C21H29N3O. The number of amides is 1. The monoisotopic (exact) mass is 339 g/mol. The molecule has 25 heavy (non-hydrogen) atoms. The lowest BCUT2D eigenvalue weighted by molar-refractivity contribution is 0.0891. The molecule has 0 spiro atoms. The van der Waals surface area contributed by atoms with Gasteiger partial charge in [0.15, 0.2) is 0 Å². The first kappa shape index (κ1) is 17.8. The summed E-state index contributed by atoms with van der Waals surface area (Å²) >= 11 is 0. The summed E-state index contributed by atoms with van der Waals surface area (Å²) in [6.45, 7) is 8.73. The van der Waals surface area contributed by atoms with Gasteiger partial charge in [0.2, 0.25) is 0 Å². The molecule has 1 aliphatic rings. The number of rotatable bonds is 4. The number of nitrogens with zero attached hydrogens (tertiary/aromatic N) is 2. The lowest BCUT2D eigenvalue weighted by atomic mass is 9.78. The number of aromatic nitrogens is 2. The SMILES string of the molecule is CCc1nc2ccc(C(=O)NC3CCCC(C)C3C)cc2nc1CC. The lowest BCUT2D eigenvalue weighted by Gasteiger charge is -2.34. The largest absolute Gasteiger partial charge is 0.349 e. The zero-order valence-electron chi connectivity index (χ0n) is 15.8. The van der Waals surface area contributed by atoms with E-state index < -0.39 is 0 Å². The topological polar surface area (TPSA) is 54.9 Å². The Labute approximate surface area is 150 Å². The van der Waals surface area contributed by atoms with Gasteiger partial charge in [0, 0.05) is 11.6 Å². The van der Waals surface area contributed by atoms with E-state index in [0.29, 0.717) is 17.4 Å².